The summed E-state index contributed by atoms with van der Waals surface area (Å²) in [5.41, 5.74) is 6.21. The highest BCUT2D eigenvalue weighted by molar-refractivity contribution is 8.01. The zero-order chi connectivity index (χ0) is 13.1. The van der Waals surface area contributed by atoms with Crippen LogP contribution in [0.15, 0.2) is 16.5 Å². The second kappa shape index (κ2) is 6.34. The summed E-state index contributed by atoms with van der Waals surface area (Å²) in [7, 11) is 0. The number of rotatable bonds is 5. The van der Waals surface area contributed by atoms with Gasteiger partial charge in [-0.25, -0.2) is 0 Å². The first-order valence-corrected chi connectivity index (χ1v) is 8.46. The van der Waals surface area contributed by atoms with Gasteiger partial charge in [-0.2, -0.15) is 0 Å². The lowest BCUT2D eigenvalue weighted by molar-refractivity contribution is 0.639. The van der Waals surface area contributed by atoms with Gasteiger partial charge in [-0.05, 0) is 25.5 Å². The molecule has 0 aromatic carbocycles. The average Bonchev–Trinajstić information content (AvgIpc) is 2.94. The van der Waals surface area contributed by atoms with Gasteiger partial charge in [-0.1, -0.05) is 41.6 Å². The molecule has 0 aliphatic rings. The Bertz CT molecular complexity index is 511. The minimum absolute atomic E-state index is 0.0916. The molecule has 0 saturated carbocycles. The smallest absolute Gasteiger partial charge is 0.174 e. The first-order valence-electron chi connectivity index (χ1n) is 5.57. The molecule has 2 N–H and O–H groups in total. The largest absolute Gasteiger partial charge is 0.326 e. The fourth-order valence-corrected chi connectivity index (χ4v) is 5.04. The topological polar surface area (TPSA) is 51.8 Å². The van der Waals surface area contributed by atoms with Gasteiger partial charge in [-0.15, -0.1) is 21.5 Å². The number of thioether (sulfide) groups is 1. The standard InChI is InChI=1S/C11H14ClN3S3/c1-3-7(13)10(8-4-5-9(12)17-8)18-11-15-14-6(2)16-11/h4-5,7,10H,3,13H2,1-2H3. The molecule has 2 atom stereocenters. The normalized spacial score (nSPS) is 14.7. The fourth-order valence-electron chi connectivity index (χ4n) is 1.49. The number of hydrogen-bond donors (Lipinski definition) is 1. The number of aryl methyl sites for hydroxylation is 1. The van der Waals surface area contributed by atoms with Crippen molar-refractivity contribution in [3.63, 3.8) is 0 Å². The maximum Gasteiger partial charge on any atom is 0.174 e. The molecule has 2 aromatic rings. The van der Waals surface area contributed by atoms with Gasteiger partial charge in [0.25, 0.3) is 0 Å². The molecule has 2 heterocycles. The van der Waals surface area contributed by atoms with Gasteiger partial charge in [0.15, 0.2) is 4.34 Å². The van der Waals surface area contributed by atoms with Crippen LogP contribution in [-0.4, -0.2) is 16.2 Å². The Morgan fingerprint density at radius 1 is 1.39 bits per heavy atom. The third kappa shape index (κ3) is 3.45. The van der Waals surface area contributed by atoms with Crippen LogP contribution in [-0.2, 0) is 0 Å². The Morgan fingerprint density at radius 2 is 2.17 bits per heavy atom. The van der Waals surface area contributed by atoms with Crippen molar-refractivity contribution >= 4 is 46.0 Å². The molecule has 0 bridgehead atoms. The molecule has 7 heteroatoms. The molecule has 2 rings (SSSR count). The number of halogens is 1. The van der Waals surface area contributed by atoms with Crippen LogP contribution in [0, 0.1) is 6.92 Å². The van der Waals surface area contributed by atoms with Crippen LogP contribution in [0.25, 0.3) is 0 Å². The minimum atomic E-state index is 0.0916. The van der Waals surface area contributed by atoms with Gasteiger partial charge in [0.2, 0.25) is 0 Å². The van der Waals surface area contributed by atoms with Crippen LogP contribution in [0.1, 0.15) is 28.5 Å². The van der Waals surface area contributed by atoms with Gasteiger partial charge in [-0.3, -0.25) is 0 Å². The molecule has 0 radical (unpaired) electrons. The van der Waals surface area contributed by atoms with E-state index in [2.05, 4.69) is 17.1 Å². The highest BCUT2D eigenvalue weighted by atomic mass is 35.5. The van der Waals surface area contributed by atoms with E-state index in [1.807, 2.05) is 19.1 Å². The number of aromatic nitrogens is 2. The molecule has 0 amide bonds. The first kappa shape index (κ1) is 14.3. The number of nitrogens with two attached hydrogens (primary N) is 1. The van der Waals surface area contributed by atoms with Crippen LogP contribution < -0.4 is 5.73 Å². The van der Waals surface area contributed by atoms with E-state index in [4.69, 9.17) is 17.3 Å². The molecule has 0 saturated heterocycles. The molecule has 2 aromatic heterocycles. The number of nitrogens with zero attached hydrogens (tertiary/aromatic N) is 2. The monoisotopic (exact) mass is 319 g/mol. The molecule has 0 fully saturated rings. The van der Waals surface area contributed by atoms with E-state index in [1.54, 1.807) is 34.4 Å². The van der Waals surface area contributed by atoms with Crippen molar-refractivity contribution in [3.05, 3.63) is 26.4 Å². The molecule has 18 heavy (non-hydrogen) atoms. The second-order valence-electron chi connectivity index (χ2n) is 3.84. The predicted octanol–water partition coefficient (Wildman–Crippen LogP) is 4.13. The summed E-state index contributed by atoms with van der Waals surface area (Å²) in [6, 6.07) is 4.06. The van der Waals surface area contributed by atoms with Crippen molar-refractivity contribution in [3.8, 4) is 0 Å². The van der Waals surface area contributed by atoms with Gasteiger partial charge in [0, 0.05) is 10.9 Å². The third-order valence-electron chi connectivity index (χ3n) is 2.47. The summed E-state index contributed by atoms with van der Waals surface area (Å²) in [5.74, 6) is 0. The maximum atomic E-state index is 6.21. The molecule has 98 valence electrons. The first-order chi connectivity index (χ1) is 8.60. The van der Waals surface area contributed by atoms with Gasteiger partial charge in [0.05, 0.1) is 9.59 Å². The summed E-state index contributed by atoms with van der Waals surface area (Å²) >= 11 is 10.9. The van der Waals surface area contributed by atoms with Gasteiger partial charge >= 0.3 is 0 Å². The van der Waals surface area contributed by atoms with Crippen molar-refractivity contribution in [2.24, 2.45) is 5.73 Å². The Balaban J connectivity index is 2.20. The lowest BCUT2D eigenvalue weighted by atomic mass is 10.1. The van der Waals surface area contributed by atoms with Crippen LogP contribution in [0.5, 0.6) is 0 Å². The van der Waals surface area contributed by atoms with Crippen molar-refractivity contribution in [1.82, 2.24) is 10.2 Å². The molecular weight excluding hydrogens is 306 g/mol. The van der Waals surface area contributed by atoms with Gasteiger partial charge < -0.3 is 5.73 Å². The van der Waals surface area contributed by atoms with E-state index in [0.717, 1.165) is 20.1 Å². The minimum Gasteiger partial charge on any atom is -0.326 e. The molecule has 0 aliphatic carbocycles. The summed E-state index contributed by atoms with van der Waals surface area (Å²) in [5, 5.41) is 9.36. The van der Waals surface area contributed by atoms with Crippen molar-refractivity contribution in [2.75, 3.05) is 0 Å². The number of thiophene rings is 1. The van der Waals surface area contributed by atoms with Crippen molar-refractivity contribution in [1.29, 1.82) is 0 Å². The number of hydrogen-bond acceptors (Lipinski definition) is 6. The van der Waals surface area contributed by atoms with Crippen LogP contribution in [0.4, 0.5) is 0 Å². The molecule has 0 aliphatic heterocycles. The van der Waals surface area contributed by atoms with Gasteiger partial charge in [0.1, 0.15) is 5.01 Å². The van der Waals surface area contributed by atoms with E-state index in [1.165, 1.54) is 4.88 Å². The molecular formula is C11H14ClN3S3. The van der Waals surface area contributed by atoms with E-state index in [-0.39, 0.29) is 11.3 Å². The Morgan fingerprint density at radius 3 is 2.67 bits per heavy atom. The average molecular weight is 320 g/mol. The Hall–Kier alpha value is -0.140. The molecule has 2 unspecified atom stereocenters. The zero-order valence-electron chi connectivity index (χ0n) is 10.1. The second-order valence-corrected chi connectivity index (χ2v) is 8.16. The summed E-state index contributed by atoms with van der Waals surface area (Å²) in [6.07, 6.45) is 0.922. The zero-order valence-corrected chi connectivity index (χ0v) is 13.3. The summed E-state index contributed by atoms with van der Waals surface area (Å²) < 4.78 is 1.76. The predicted molar refractivity (Wildman–Crippen MR) is 80.8 cm³/mol. The van der Waals surface area contributed by atoms with E-state index < -0.39 is 0 Å². The van der Waals surface area contributed by atoms with Crippen LogP contribution in [0.3, 0.4) is 0 Å². The highest BCUT2D eigenvalue weighted by Crippen LogP contribution is 2.42. The SMILES string of the molecule is CCC(N)C(Sc1nnc(C)s1)c1ccc(Cl)s1. The third-order valence-corrected chi connectivity index (χ3v) is 6.25. The quantitative estimate of drug-likeness (QED) is 0.842. The summed E-state index contributed by atoms with van der Waals surface area (Å²) in [6.45, 7) is 4.05. The van der Waals surface area contributed by atoms with E-state index >= 15 is 0 Å². The molecule has 0 spiro atoms. The lowest BCUT2D eigenvalue weighted by Gasteiger charge is -2.19. The fraction of sp³-hybridized carbons (Fsp3) is 0.455. The lowest BCUT2D eigenvalue weighted by Crippen LogP contribution is -2.25. The van der Waals surface area contributed by atoms with Crippen molar-refractivity contribution < 1.29 is 0 Å². The van der Waals surface area contributed by atoms with Crippen LogP contribution in [0.2, 0.25) is 4.34 Å². The Kier molecular flexibility index (Phi) is 5.03. The maximum absolute atomic E-state index is 6.21. The molecule has 3 nitrogen and oxygen atoms in total. The van der Waals surface area contributed by atoms with E-state index in [9.17, 15) is 0 Å². The summed E-state index contributed by atoms with van der Waals surface area (Å²) in [4.78, 5) is 1.20. The van der Waals surface area contributed by atoms with Crippen LogP contribution >= 0.6 is 46.0 Å². The van der Waals surface area contributed by atoms with Crippen molar-refractivity contribution in [2.45, 2.75) is 35.9 Å². The highest BCUT2D eigenvalue weighted by Gasteiger charge is 2.23. The Labute approximate surface area is 124 Å². The van der Waals surface area contributed by atoms with E-state index in [0.29, 0.717) is 0 Å².